The van der Waals surface area contributed by atoms with Crippen LogP contribution in [0.2, 0.25) is 0 Å². The van der Waals surface area contributed by atoms with Gasteiger partial charge >= 0.3 is 5.82 Å². The van der Waals surface area contributed by atoms with E-state index in [-0.39, 0.29) is 22.8 Å². The molecule has 0 fully saturated rings. The van der Waals surface area contributed by atoms with Gasteiger partial charge in [0.15, 0.2) is 0 Å². The molecule has 1 aromatic carbocycles. The van der Waals surface area contributed by atoms with E-state index in [2.05, 4.69) is 11.1 Å². The number of nitrogens with zero attached hydrogens (tertiary/aromatic N) is 3. The normalized spacial score (nSPS) is 22.0. The van der Waals surface area contributed by atoms with Crippen molar-refractivity contribution >= 4 is 33.7 Å². The number of hydrogen-bond donors (Lipinski definition) is 2. The van der Waals surface area contributed by atoms with Crippen LogP contribution in [0.4, 0.5) is 5.82 Å². The number of rotatable bonds is 1. The van der Waals surface area contributed by atoms with Crippen molar-refractivity contribution in [2.45, 2.75) is 25.1 Å². The summed E-state index contributed by atoms with van der Waals surface area (Å²) < 4.78 is 1.66. The van der Waals surface area contributed by atoms with Gasteiger partial charge < -0.3 is 5.21 Å². The van der Waals surface area contributed by atoms with E-state index >= 15 is 0 Å². The molecule has 0 spiro atoms. The molecule has 0 amide bonds. The molecule has 2 atom stereocenters. The molecule has 0 unspecified atom stereocenters. The van der Waals surface area contributed by atoms with Gasteiger partial charge in [0.25, 0.3) is 0 Å². The molecule has 2 aromatic rings. The summed E-state index contributed by atoms with van der Waals surface area (Å²) >= 11 is 1.50. The number of thioether (sulfide) groups is 1. The van der Waals surface area contributed by atoms with Gasteiger partial charge in [0, 0.05) is 4.43 Å². The Balaban J connectivity index is 1.97. The standard InChI is InChI=1S/C17H17N4O2S/c1-9-7-12-13(8-10(9)2)21(23)16(18)15(20(12)22)17-19-11-5-3-4-6-14(11)24-17/h3-8,11,14,22H,18H2,1-2H3/q+1/t11-,14+/m1/s1. The Morgan fingerprint density at radius 3 is 2.71 bits per heavy atom. The Bertz CT molecular complexity index is 1020. The van der Waals surface area contributed by atoms with E-state index in [1.807, 2.05) is 32.1 Å². The van der Waals surface area contributed by atoms with Crippen molar-refractivity contribution < 1.29 is 9.63 Å². The van der Waals surface area contributed by atoms with Gasteiger partial charge in [-0.2, -0.15) is 4.73 Å². The highest BCUT2D eigenvalue weighted by Gasteiger charge is 2.34. The van der Waals surface area contributed by atoms with Crippen LogP contribution in [-0.4, -0.2) is 26.3 Å². The first-order chi connectivity index (χ1) is 11.5. The topological polar surface area (TPSA) is 86.5 Å². The van der Waals surface area contributed by atoms with Gasteiger partial charge in [0.05, 0.1) is 11.3 Å². The van der Waals surface area contributed by atoms with Crippen molar-refractivity contribution in [2.24, 2.45) is 4.99 Å². The highest BCUT2D eigenvalue weighted by Crippen LogP contribution is 2.35. The number of nitrogens with two attached hydrogens (primary N) is 1. The third-order valence-corrected chi connectivity index (χ3v) is 5.71. The maximum absolute atomic E-state index is 12.6. The molecule has 24 heavy (non-hydrogen) atoms. The molecule has 7 heteroatoms. The van der Waals surface area contributed by atoms with E-state index in [1.54, 1.807) is 12.1 Å². The number of aryl methyl sites for hydroxylation is 2. The Kier molecular flexibility index (Phi) is 3.28. The van der Waals surface area contributed by atoms with E-state index in [4.69, 9.17) is 5.73 Å². The minimum atomic E-state index is -0.0499. The quantitative estimate of drug-likeness (QED) is 0.616. The smallest absolute Gasteiger partial charge is 0.348 e. The molecule has 0 saturated heterocycles. The van der Waals surface area contributed by atoms with Crippen LogP contribution in [0.5, 0.6) is 0 Å². The predicted molar refractivity (Wildman–Crippen MR) is 96.4 cm³/mol. The highest BCUT2D eigenvalue weighted by molar-refractivity contribution is 8.15. The summed E-state index contributed by atoms with van der Waals surface area (Å²) in [6, 6.07) is 3.53. The summed E-state index contributed by atoms with van der Waals surface area (Å²) in [4.78, 5) is 17.2. The number of aliphatic imine (C=N–C) groups is 1. The van der Waals surface area contributed by atoms with E-state index in [0.29, 0.717) is 20.5 Å². The van der Waals surface area contributed by atoms with E-state index in [0.717, 1.165) is 15.9 Å². The van der Waals surface area contributed by atoms with Gasteiger partial charge in [0.2, 0.25) is 11.2 Å². The van der Waals surface area contributed by atoms with Gasteiger partial charge in [-0.05, 0) is 37.1 Å². The molecule has 1 aliphatic carbocycles. The molecule has 3 N–H and O–H groups in total. The molecule has 6 nitrogen and oxygen atoms in total. The van der Waals surface area contributed by atoms with Gasteiger partial charge in [-0.25, -0.2) is 0 Å². The molecular formula is C17H17N4O2S+. The zero-order valence-electron chi connectivity index (χ0n) is 13.3. The molecule has 1 aliphatic heterocycles. The van der Waals surface area contributed by atoms with Crippen molar-refractivity contribution in [3.63, 3.8) is 0 Å². The molecule has 0 radical (unpaired) electrons. The molecule has 2 aliphatic rings. The number of benzene rings is 1. The largest absolute Gasteiger partial charge is 0.427 e. The fraction of sp³-hybridized carbons (Fsp3) is 0.235. The highest BCUT2D eigenvalue weighted by atomic mass is 32.2. The average Bonchev–Trinajstić information content (AvgIpc) is 2.98. The maximum Gasteiger partial charge on any atom is 0.348 e. The Hall–Kier alpha value is -2.54. The first-order valence-electron chi connectivity index (χ1n) is 7.64. The third-order valence-electron chi connectivity index (χ3n) is 4.48. The van der Waals surface area contributed by atoms with E-state index < -0.39 is 0 Å². The van der Waals surface area contributed by atoms with Crippen LogP contribution in [0.1, 0.15) is 16.8 Å². The summed E-state index contributed by atoms with van der Waals surface area (Å²) in [6.07, 6.45) is 7.99. The van der Waals surface area contributed by atoms with Crippen LogP contribution in [0.25, 0.3) is 11.0 Å². The Labute approximate surface area is 142 Å². The molecule has 0 bridgehead atoms. The van der Waals surface area contributed by atoms with Crippen LogP contribution in [0.3, 0.4) is 0 Å². The monoisotopic (exact) mass is 341 g/mol. The fourth-order valence-corrected chi connectivity index (χ4v) is 4.19. The summed E-state index contributed by atoms with van der Waals surface area (Å²) in [5.41, 5.74) is 9.01. The average molecular weight is 341 g/mol. The summed E-state index contributed by atoms with van der Waals surface area (Å²) in [5, 5.41) is 11.5. The second-order valence-corrected chi connectivity index (χ2v) is 7.21. The van der Waals surface area contributed by atoms with Gasteiger partial charge in [-0.3, -0.25) is 10.7 Å². The molecule has 1 aromatic heterocycles. The van der Waals surface area contributed by atoms with Gasteiger partial charge in [-0.1, -0.05) is 41.0 Å². The summed E-state index contributed by atoms with van der Waals surface area (Å²) in [7, 11) is 0. The summed E-state index contributed by atoms with van der Waals surface area (Å²) in [5.74, 6) is -0.0499. The maximum atomic E-state index is 12.6. The van der Waals surface area contributed by atoms with Crippen LogP contribution in [0.15, 0.2) is 41.4 Å². The Morgan fingerprint density at radius 1 is 1.25 bits per heavy atom. The minimum absolute atomic E-state index is 0.00459. The van der Waals surface area contributed by atoms with Crippen molar-refractivity contribution in [3.05, 3.63) is 58.2 Å². The van der Waals surface area contributed by atoms with Crippen molar-refractivity contribution in [1.29, 1.82) is 0 Å². The lowest BCUT2D eigenvalue weighted by atomic mass is 10.1. The number of anilines is 1. The lowest BCUT2D eigenvalue weighted by Gasteiger charge is -2.12. The lowest BCUT2D eigenvalue weighted by Crippen LogP contribution is -2.28. The van der Waals surface area contributed by atoms with E-state index in [1.165, 1.54) is 11.8 Å². The molecule has 4 rings (SSSR count). The summed E-state index contributed by atoms with van der Waals surface area (Å²) in [6.45, 7) is 3.85. The fourth-order valence-electron chi connectivity index (χ4n) is 2.99. The second kappa shape index (κ2) is 5.24. The Morgan fingerprint density at radius 2 is 1.96 bits per heavy atom. The molecule has 122 valence electrons. The predicted octanol–water partition coefficient (Wildman–Crippen LogP) is 2.35. The molecule has 0 saturated carbocycles. The van der Waals surface area contributed by atoms with Crippen LogP contribution in [0, 0.1) is 18.8 Å². The second-order valence-electron chi connectivity index (χ2n) is 6.04. The zero-order chi connectivity index (χ0) is 17.0. The third kappa shape index (κ3) is 2.08. The number of fused-ring (bicyclic) bond motifs is 2. The molecular weight excluding hydrogens is 324 g/mol. The number of aromatic nitrogens is 2. The van der Waals surface area contributed by atoms with Crippen LogP contribution in [-0.2, 0) is 0 Å². The van der Waals surface area contributed by atoms with Crippen LogP contribution < -0.4 is 10.2 Å². The minimum Gasteiger partial charge on any atom is -0.427 e. The van der Waals surface area contributed by atoms with Gasteiger partial charge in [0.1, 0.15) is 10.6 Å². The van der Waals surface area contributed by atoms with Crippen molar-refractivity contribution in [2.75, 3.05) is 5.73 Å². The number of allylic oxidation sites excluding steroid dienone is 2. The van der Waals surface area contributed by atoms with Gasteiger partial charge in [-0.15, -0.1) is 0 Å². The SMILES string of the molecule is Cc1cc2c(cc1C)[n+](=O)c(N)c(C1=N[C@@H]3C=CC=C[C@@H]3S1)n2O. The first kappa shape index (κ1) is 15.0. The molecule has 2 heterocycles. The van der Waals surface area contributed by atoms with Crippen LogP contribution >= 0.6 is 11.8 Å². The van der Waals surface area contributed by atoms with E-state index in [9.17, 15) is 10.1 Å². The first-order valence-corrected chi connectivity index (χ1v) is 8.52. The number of nitrogen functional groups attached to an aromatic ring is 1. The van der Waals surface area contributed by atoms with Crippen molar-refractivity contribution in [3.8, 4) is 0 Å². The zero-order valence-corrected chi connectivity index (χ0v) is 14.1. The number of hydrogen-bond acceptors (Lipinski definition) is 5. The van der Waals surface area contributed by atoms with Crippen molar-refractivity contribution in [1.82, 2.24) is 4.73 Å². The lowest BCUT2D eigenvalue weighted by molar-refractivity contribution is -0.448.